The summed E-state index contributed by atoms with van der Waals surface area (Å²) >= 11 is 0. The second-order valence-electron chi connectivity index (χ2n) is 19.5. The number of anilines is 6. The highest BCUT2D eigenvalue weighted by Gasteiger charge is 2.51. The van der Waals surface area contributed by atoms with Crippen molar-refractivity contribution in [3.63, 3.8) is 0 Å². The van der Waals surface area contributed by atoms with Crippen molar-refractivity contribution in [2.24, 2.45) is 0 Å². The first-order valence-corrected chi connectivity index (χ1v) is 26.2. The Balaban J connectivity index is 0.998. The van der Waals surface area contributed by atoms with Gasteiger partial charge in [-0.2, -0.15) is 0 Å². The van der Waals surface area contributed by atoms with Crippen LogP contribution in [0.15, 0.2) is 303 Å². The zero-order chi connectivity index (χ0) is 51.1. The van der Waals surface area contributed by atoms with E-state index in [0.29, 0.717) is 0 Å². The predicted molar refractivity (Wildman–Crippen MR) is 316 cm³/mol. The van der Waals surface area contributed by atoms with Crippen molar-refractivity contribution < 1.29 is 9.47 Å². The van der Waals surface area contributed by atoms with E-state index in [1.807, 2.05) is 0 Å². The number of rotatable bonds is 10. The normalized spacial score (nSPS) is 12.5. The SMILES string of the molecule is c1ccc(-c2ccccc2N(c2ccc3c(c2)Oc2ccccc2C32c3ccccc3Oc3cc(N(c4ccccc4-c4ccccc4)c4ccccc4-c4ccccc4)ccc32)c2ccccc2-c2ccccc2)cc1. The van der Waals surface area contributed by atoms with Crippen molar-refractivity contribution in [1.82, 2.24) is 0 Å². The number of hydrogen-bond donors (Lipinski definition) is 0. The van der Waals surface area contributed by atoms with Crippen LogP contribution in [0.4, 0.5) is 34.1 Å². The van der Waals surface area contributed by atoms with Crippen LogP contribution in [0.1, 0.15) is 22.3 Å². The third-order valence-corrected chi connectivity index (χ3v) is 15.2. The van der Waals surface area contributed by atoms with E-state index in [-0.39, 0.29) is 0 Å². The Kier molecular flexibility index (Phi) is 11.4. The number of benzene rings is 12. The molecule has 4 nitrogen and oxygen atoms in total. The topological polar surface area (TPSA) is 24.9 Å². The molecule has 0 unspecified atom stereocenters. The standard InChI is InChI=1S/C73H50N2O2/c1-5-25-51(26-6-1)57-33-13-19-39-65(57)74(66-40-20-14-34-58(66)52-27-7-2-8-28-52)55-45-47-63-71(49-55)76-69-43-23-17-37-61(69)73(63)62-38-18-24-44-70(62)77-72-50-56(46-48-64(72)73)75(67-41-21-15-35-59(67)53-29-9-3-10-30-53)68-42-22-16-36-60(68)54-31-11-4-12-32-54/h1-50H. The number of hydrogen-bond acceptors (Lipinski definition) is 4. The van der Waals surface area contributed by atoms with Gasteiger partial charge in [0.1, 0.15) is 23.0 Å². The number of nitrogens with zero attached hydrogens (tertiary/aromatic N) is 2. The molecule has 2 aliphatic heterocycles. The van der Waals surface area contributed by atoms with Crippen molar-refractivity contribution in [2.45, 2.75) is 5.41 Å². The lowest BCUT2D eigenvalue weighted by Gasteiger charge is -2.45. The maximum absolute atomic E-state index is 7.24. The second kappa shape index (κ2) is 19.3. The number of ether oxygens (including phenoxy) is 2. The molecule has 0 saturated carbocycles. The minimum atomic E-state index is -0.838. The summed E-state index contributed by atoms with van der Waals surface area (Å²) in [6.45, 7) is 0. The quantitative estimate of drug-likeness (QED) is 0.136. The molecule has 0 atom stereocenters. The fourth-order valence-electron chi connectivity index (χ4n) is 11.9. The molecule has 0 N–H and O–H groups in total. The van der Waals surface area contributed by atoms with Crippen molar-refractivity contribution >= 4 is 34.1 Å². The van der Waals surface area contributed by atoms with Gasteiger partial charge in [0.25, 0.3) is 0 Å². The van der Waals surface area contributed by atoms with Crippen LogP contribution in [0.5, 0.6) is 23.0 Å². The van der Waals surface area contributed by atoms with Crippen LogP contribution in [0.3, 0.4) is 0 Å². The highest BCUT2D eigenvalue weighted by Crippen LogP contribution is 2.63. The summed E-state index contributed by atoms with van der Waals surface area (Å²) in [6, 6.07) is 108. The second-order valence-corrected chi connectivity index (χ2v) is 19.5. The smallest absolute Gasteiger partial charge is 0.134 e. The average molecular weight is 987 g/mol. The van der Waals surface area contributed by atoms with E-state index >= 15 is 0 Å². The van der Waals surface area contributed by atoms with Gasteiger partial charge in [-0.25, -0.2) is 0 Å². The van der Waals surface area contributed by atoms with Crippen LogP contribution in [-0.2, 0) is 5.41 Å². The Bertz CT molecular complexity index is 3690. The van der Waals surface area contributed by atoms with E-state index in [2.05, 4.69) is 313 Å². The van der Waals surface area contributed by atoms with Crippen LogP contribution < -0.4 is 19.3 Å². The first-order valence-electron chi connectivity index (χ1n) is 26.2. The van der Waals surface area contributed by atoms with Crippen LogP contribution in [0.2, 0.25) is 0 Å². The molecule has 0 radical (unpaired) electrons. The molecule has 2 heterocycles. The Morgan fingerprint density at radius 3 is 0.805 bits per heavy atom. The van der Waals surface area contributed by atoms with Gasteiger partial charge in [0.15, 0.2) is 0 Å². The Morgan fingerprint density at radius 1 is 0.221 bits per heavy atom. The third-order valence-electron chi connectivity index (χ3n) is 15.2. The molecule has 12 aromatic carbocycles. The lowest BCUT2D eigenvalue weighted by molar-refractivity contribution is 0.399. The van der Waals surface area contributed by atoms with Gasteiger partial charge in [-0.1, -0.05) is 243 Å². The Labute approximate surface area is 449 Å². The predicted octanol–water partition coefficient (Wildman–Crippen LogP) is 19.9. The molecular weight excluding hydrogens is 937 g/mol. The molecule has 2 aliphatic rings. The highest BCUT2D eigenvalue weighted by atomic mass is 16.5. The van der Waals surface area contributed by atoms with Gasteiger partial charge in [0, 0.05) is 68.0 Å². The molecule has 0 bridgehead atoms. The fraction of sp³-hybridized carbons (Fsp3) is 0.0137. The number of para-hydroxylation sites is 6. The molecule has 0 aliphatic carbocycles. The highest BCUT2D eigenvalue weighted by molar-refractivity contribution is 5.96. The van der Waals surface area contributed by atoms with Gasteiger partial charge in [-0.3, -0.25) is 0 Å². The summed E-state index contributed by atoms with van der Waals surface area (Å²) in [5.41, 5.74) is 18.4. The van der Waals surface area contributed by atoms with Gasteiger partial charge in [-0.15, -0.1) is 0 Å². The minimum absolute atomic E-state index is 0.766. The van der Waals surface area contributed by atoms with Crippen LogP contribution >= 0.6 is 0 Å². The van der Waals surface area contributed by atoms with Gasteiger partial charge < -0.3 is 19.3 Å². The first kappa shape index (κ1) is 45.5. The molecule has 364 valence electrons. The van der Waals surface area contributed by atoms with Crippen LogP contribution in [0.25, 0.3) is 44.5 Å². The van der Waals surface area contributed by atoms with E-state index in [0.717, 1.165) is 124 Å². The number of fused-ring (bicyclic) bond motifs is 8. The molecule has 12 aromatic rings. The fourth-order valence-corrected chi connectivity index (χ4v) is 11.9. The van der Waals surface area contributed by atoms with Crippen molar-refractivity contribution in [3.8, 4) is 67.5 Å². The summed E-state index contributed by atoms with van der Waals surface area (Å²) in [6.07, 6.45) is 0. The maximum atomic E-state index is 7.24. The molecule has 0 fully saturated rings. The first-order chi connectivity index (χ1) is 38.2. The van der Waals surface area contributed by atoms with Gasteiger partial charge in [0.05, 0.1) is 28.2 Å². The summed E-state index contributed by atoms with van der Waals surface area (Å²) in [7, 11) is 0. The molecular formula is C73H50N2O2. The molecule has 1 spiro atoms. The van der Waals surface area contributed by atoms with E-state index in [9.17, 15) is 0 Å². The summed E-state index contributed by atoms with van der Waals surface area (Å²) in [5, 5.41) is 0. The summed E-state index contributed by atoms with van der Waals surface area (Å²) in [5.74, 6) is 3.12. The molecule has 0 amide bonds. The molecule has 0 aromatic heterocycles. The van der Waals surface area contributed by atoms with Crippen LogP contribution in [-0.4, -0.2) is 0 Å². The van der Waals surface area contributed by atoms with E-state index < -0.39 is 5.41 Å². The minimum Gasteiger partial charge on any atom is -0.457 e. The lowest BCUT2D eigenvalue weighted by atomic mass is 9.62. The molecule has 77 heavy (non-hydrogen) atoms. The zero-order valence-corrected chi connectivity index (χ0v) is 42.1. The lowest BCUT2D eigenvalue weighted by Crippen LogP contribution is -2.37. The Hall–Kier alpha value is -10.2. The van der Waals surface area contributed by atoms with Gasteiger partial charge in [0.2, 0.25) is 0 Å². The van der Waals surface area contributed by atoms with Gasteiger partial charge >= 0.3 is 0 Å². The average Bonchev–Trinajstić information content (AvgIpc) is 3.67. The van der Waals surface area contributed by atoms with Crippen molar-refractivity contribution in [1.29, 1.82) is 0 Å². The largest absolute Gasteiger partial charge is 0.457 e. The molecule has 14 rings (SSSR count). The summed E-state index contributed by atoms with van der Waals surface area (Å²) in [4.78, 5) is 4.80. The zero-order valence-electron chi connectivity index (χ0n) is 42.1. The van der Waals surface area contributed by atoms with Gasteiger partial charge in [-0.05, 0) is 70.8 Å². The van der Waals surface area contributed by atoms with E-state index in [1.54, 1.807) is 0 Å². The van der Waals surface area contributed by atoms with Crippen molar-refractivity contribution in [3.05, 3.63) is 326 Å². The maximum Gasteiger partial charge on any atom is 0.134 e. The van der Waals surface area contributed by atoms with E-state index in [1.165, 1.54) is 0 Å². The third kappa shape index (κ3) is 7.77. The summed E-state index contributed by atoms with van der Waals surface area (Å²) < 4.78 is 14.5. The van der Waals surface area contributed by atoms with Crippen LogP contribution in [0, 0.1) is 0 Å². The van der Waals surface area contributed by atoms with E-state index in [4.69, 9.17) is 9.47 Å². The molecule has 0 saturated heterocycles. The molecule has 4 heteroatoms. The van der Waals surface area contributed by atoms with Crippen molar-refractivity contribution in [2.75, 3.05) is 9.80 Å². The Morgan fingerprint density at radius 2 is 0.481 bits per heavy atom. The monoisotopic (exact) mass is 986 g/mol.